The van der Waals surface area contributed by atoms with Gasteiger partial charge in [-0.05, 0) is 111 Å². The lowest BCUT2D eigenvalue weighted by Gasteiger charge is -2.64. The third kappa shape index (κ3) is 4.95. The van der Waals surface area contributed by atoms with Crippen LogP contribution in [-0.4, -0.2) is 94.3 Å². The Morgan fingerprint density at radius 3 is 2.49 bits per heavy atom. The summed E-state index contributed by atoms with van der Waals surface area (Å²) in [6.07, 6.45) is 7.07. The zero-order valence-electron chi connectivity index (χ0n) is 31.9. The maximum atomic E-state index is 13.0. The van der Waals surface area contributed by atoms with Gasteiger partial charge in [0.15, 0.2) is 12.4 Å². The molecule has 7 fully saturated rings. The van der Waals surface area contributed by atoms with Crippen molar-refractivity contribution in [2.24, 2.45) is 50.7 Å². The number of aliphatic hydroxyl groups is 2. The summed E-state index contributed by atoms with van der Waals surface area (Å²) in [5, 5.41) is 27.3. The van der Waals surface area contributed by atoms with Gasteiger partial charge in [-0.25, -0.2) is 0 Å². The quantitative estimate of drug-likeness (QED) is 0.370. The van der Waals surface area contributed by atoms with E-state index < -0.39 is 36.2 Å². The smallest absolute Gasteiger partial charge is 0.303 e. The molecule has 3 heterocycles. The second-order valence-electron chi connectivity index (χ2n) is 19.3. The molecule has 5 saturated carbocycles. The predicted octanol–water partition coefficient (Wildman–Crippen LogP) is 5.37. The van der Waals surface area contributed by atoms with Crippen molar-refractivity contribution in [2.45, 2.75) is 149 Å². The first-order valence-corrected chi connectivity index (χ1v) is 19.6. The maximum absolute atomic E-state index is 13.0. The Bertz CT molecular complexity index is 1530. The van der Waals surface area contributed by atoms with Gasteiger partial charge in [0.2, 0.25) is 5.76 Å². The third-order valence-electron chi connectivity index (χ3n) is 16.4. The molecule has 14 atom stereocenters. The molecule has 1 aromatic heterocycles. The lowest BCUT2D eigenvalue weighted by Crippen LogP contribution is -2.60. The maximum Gasteiger partial charge on any atom is 0.303 e. The molecule has 7 aliphatic rings. The summed E-state index contributed by atoms with van der Waals surface area (Å²) in [4.78, 5) is 26.8. The van der Waals surface area contributed by atoms with Crippen molar-refractivity contribution in [1.29, 1.82) is 0 Å². The van der Waals surface area contributed by atoms with Crippen molar-refractivity contribution in [1.82, 2.24) is 10.1 Å². The molecule has 0 aromatic carbocycles. The topological polar surface area (TPSA) is 141 Å². The van der Waals surface area contributed by atoms with Gasteiger partial charge < -0.3 is 38.6 Å². The number of fused-ring (bicyclic) bond motifs is 4. The number of morpholine rings is 1. The van der Waals surface area contributed by atoms with E-state index in [0.717, 1.165) is 32.1 Å². The van der Waals surface area contributed by atoms with Gasteiger partial charge in [0, 0.05) is 24.9 Å². The Kier molecular flexibility index (Phi) is 8.26. The molecule has 11 heteroatoms. The number of carbonyl (C=O) groups excluding carboxylic acids is 2. The molecule has 7 unspecified atom stereocenters. The summed E-state index contributed by atoms with van der Waals surface area (Å²) in [5.41, 5.74) is -1.35. The number of amides is 1. The molecule has 1 aromatic rings. The van der Waals surface area contributed by atoms with Crippen LogP contribution in [0, 0.1) is 50.7 Å². The van der Waals surface area contributed by atoms with Crippen LogP contribution in [0.2, 0.25) is 0 Å². The van der Waals surface area contributed by atoms with Crippen LogP contribution in [0.4, 0.5) is 0 Å². The second kappa shape index (κ2) is 11.7. The fourth-order valence-electron chi connectivity index (χ4n) is 14.2. The summed E-state index contributed by atoms with van der Waals surface area (Å²) < 4.78 is 30.6. The molecule has 0 bridgehead atoms. The van der Waals surface area contributed by atoms with Crippen LogP contribution in [0.1, 0.15) is 117 Å². The number of aromatic nitrogens is 1. The average Bonchev–Trinajstić information content (AvgIpc) is 3.32. The Labute approximate surface area is 302 Å². The first kappa shape index (κ1) is 36.0. The van der Waals surface area contributed by atoms with E-state index in [1.165, 1.54) is 26.0 Å². The molecule has 11 nitrogen and oxygen atoms in total. The summed E-state index contributed by atoms with van der Waals surface area (Å²) in [5.74, 6) is 0.921. The highest BCUT2D eigenvalue weighted by Gasteiger charge is 2.84. The van der Waals surface area contributed by atoms with E-state index in [-0.39, 0.29) is 62.8 Å². The van der Waals surface area contributed by atoms with Crippen LogP contribution in [0.15, 0.2) is 16.8 Å². The highest BCUT2D eigenvalue weighted by molar-refractivity contribution is 5.91. The molecule has 284 valence electrons. The average molecular weight is 713 g/mol. The molecular formula is C40H60N2O9. The van der Waals surface area contributed by atoms with Crippen molar-refractivity contribution in [3.05, 3.63) is 18.0 Å². The lowest BCUT2D eigenvalue weighted by molar-refractivity contribution is -0.245. The van der Waals surface area contributed by atoms with Gasteiger partial charge in [0.05, 0.1) is 49.4 Å². The highest BCUT2D eigenvalue weighted by atomic mass is 16.7. The first-order valence-electron chi connectivity index (χ1n) is 19.6. The summed E-state index contributed by atoms with van der Waals surface area (Å²) in [6.45, 7) is 17.9. The van der Waals surface area contributed by atoms with E-state index in [1.807, 2.05) is 0 Å². The summed E-state index contributed by atoms with van der Waals surface area (Å²) >= 11 is 0. The van der Waals surface area contributed by atoms with Crippen LogP contribution in [0.5, 0.6) is 0 Å². The number of hydrogen-bond acceptors (Lipinski definition) is 10. The molecular weight excluding hydrogens is 652 g/mol. The van der Waals surface area contributed by atoms with E-state index in [9.17, 15) is 19.8 Å². The van der Waals surface area contributed by atoms with Crippen LogP contribution >= 0.6 is 0 Å². The van der Waals surface area contributed by atoms with Crippen LogP contribution in [0.25, 0.3) is 0 Å². The predicted molar refractivity (Wildman–Crippen MR) is 185 cm³/mol. The Balaban J connectivity index is 1.01. The van der Waals surface area contributed by atoms with E-state index in [2.05, 4.69) is 39.8 Å². The Hall–Kier alpha value is -2.05. The van der Waals surface area contributed by atoms with E-state index in [1.54, 1.807) is 24.8 Å². The number of aliphatic hydroxyl groups excluding tert-OH is 1. The first-order chi connectivity index (χ1) is 23.9. The van der Waals surface area contributed by atoms with Crippen molar-refractivity contribution in [3.63, 3.8) is 0 Å². The molecule has 8 rings (SSSR count). The van der Waals surface area contributed by atoms with Crippen molar-refractivity contribution in [2.75, 3.05) is 19.7 Å². The SMILES string of the molecule is CC(=O)O[C@@H](C1C[C@@H](C)[C@H]2C(O1)[C@H](O)[C@@]1(C)C3CC[C@H]4C(C)(C)C(O[C@H]5CN(C(=O)c6ccno6)CCO5)CCC45CC35CCC21C)C(C)(C)O. The molecule has 2 saturated heterocycles. The van der Waals surface area contributed by atoms with Gasteiger partial charge in [0.25, 0.3) is 5.91 Å². The van der Waals surface area contributed by atoms with Gasteiger partial charge >= 0.3 is 5.97 Å². The zero-order valence-corrected chi connectivity index (χ0v) is 31.9. The molecule has 2 N–H and O–H groups in total. The molecule has 0 radical (unpaired) electrons. The minimum Gasteiger partial charge on any atom is -0.457 e. The number of rotatable bonds is 6. The fraction of sp³-hybridized carbons (Fsp3) is 0.875. The minimum atomic E-state index is -1.28. The van der Waals surface area contributed by atoms with E-state index in [4.69, 9.17) is 23.5 Å². The van der Waals surface area contributed by atoms with E-state index in [0.29, 0.717) is 38.0 Å². The third-order valence-corrected chi connectivity index (χ3v) is 16.4. The molecule has 51 heavy (non-hydrogen) atoms. The fourth-order valence-corrected chi connectivity index (χ4v) is 14.2. The monoisotopic (exact) mass is 712 g/mol. The second-order valence-corrected chi connectivity index (χ2v) is 19.3. The number of carbonyl (C=O) groups is 2. The minimum absolute atomic E-state index is 0.0177. The van der Waals surface area contributed by atoms with Crippen LogP contribution < -0.4 is 0 Å². The summed E-state index contributed by atoms with van der Waals surface area (Å²) in [7, 11) is 0. The number of esters is 1. The lowest BCUT2D eigenvalue weighted by atomic mass is 9.41. The van der Waals surface area contributed by atoms with Crippen molar-refractivity contribution < 1.29 is 43.3 Å². The van der Waals surface area contributed by atoms with Crippen LogP contribution in [0.3, 0.4) is 0 Å². The Morgan fingerprint density at radius 2 is 1.80 bits per heavy atom. The van der Waals surface area contributed by atoms with Gasteiger partial charge in [-0.15, -0.1) is 0 Å². The summed E-state index contributed by atoms with van der Waals surface area (Å²) in [6, 6.07) is 1.59. The molecule has 2 aliphatic heterocycles. The zero-order chi connectivity index (χ0) is 36.5. The largest absolute Gasteiger partial charge is 0.457 e. The normalized spacial score (nSPS) is 47.6. The Morgan fingerprint density at radius 1 is 1.08 bits per heavy atom. The number of hydrogen-bond donors (Lipinski definition) is 2. The van der Waals surface area contributed by atoms with Gasteiger partial charge in [-0.2, -0.15) is 0 Å². The number of ether oxygens (including phenoxy) is 4. The van der Waals surface area contributed by atoms with Crippen molar-refractivity contribution in [3.8, 4) is 0 Å². The molecule has 2 spiro atoms. The van der Waals surface area contributed by atoms with Crippen molar-refractivity contribution >= 4 is 11.9 Å². The molecule has 5 aliphatic carbocycles. The van der Waals surface area contributed by atoms with Gasteiger partial charge in [-0.3, -0.25) is 9.59 Å². The number of nitrogens with zero attached hydrogens (tertiary/aromatic N) is 2. The van der Waals surface area contributed by atoms with E-state index >= 15 is 0 Å². The van der Waals surface area contributed by atoms with Gasteiger partial charge in [-0.1, -0.05) is 39.8 Å². The van der Waals surface area contributed by atoms with Gasteiger partial charge in [0.1, 0.15) is 0 Å². The molecule has 1 amide bonds. The standard InChI is InChI=1S/C40H60N2O9/c1-22-19-25(33(36(5,6)46)48-23(2)43)49-31-30(22)37(7)14-15-40-21-39(40)13-11-28(35(3,4)26(39)9-10-27(40)38(37,8)32(31)44)50-29-20-42(17-18-47-29)34(45)24-12-16-41-51-24/h12,16,22,25-33,44,46H,9-11,13-15,17-21H2,1-8H3/t22-,25?,26+,27?,28?,29+,30+,31?,32+,33+,37?,38-,39?,40?/m1/s1. The highest BCUT2D eigenvalue weighted by Crippen LogP contribution is 2.89. The van der Waals surface area contributed by atoms with Crippen LogP contribution in [-0.2, 0) is 23.7 Å².